The zero-order valence-corrected chi connectivity index (χ0v) is 10.8. The van der Waals surface area contributed by atoms with Gasteiger partial charge in [0.1, 0.15) is 4.60 Å². The molecule has 0 fully saturated rings. The van der Waals surface area contributed by atoms with Crippen molar-refractivity contribution in [2.24, 2.45) is 0 Å². The first kappa shape index (κ1) is 11.4. The number of benzene rings is 1. The lowest BCUT2D eigenvalue weighted by Crippen LogP contribution is -1.84. The van der Waals surface area contributed by atoms with Crippen LogP contribution in [0, 0.1) is 0 Å². The molecule has 0 saturated heterocycles. The first-order valence-electron chi connectivity index (χ1n) is 5.51. The van der Waals surface area contributed by atoms with Gasteiger partial charge in [0.05, 0.1) is 0 Å². The van der Waals surface area contributed by atoms with Gasteiger partial charge < -0.3 is 4.52 Å². The minimum Gasteiger partial charge on any atom is -0.355 e. The van der Waals surface area contributed by atoms with Crippen molar-refractivity contribution in [2.75, 3.05) is 0 Å². The number of unbranched alkanes of at least 4 members (excludes halogenated alkanes) is 1. The molecule has 1 heterocycles. The van der Waals surface area contributed by atoms with E-state index in [1.807, 2.05) is 6.07 Å². The lowest BCUT2D eigenvalue weighted by molar-refractivity contribution is 0.428. The van der Waals surface area contributed by atoms with Crippen LogP contribution in [-0.2, 0) is 6.42 Å². The van der Waals surface area contributed by atoms with Crippen LogP contribution < -0.4 is 0 Å². The van der Waals surface area contributed by atoms with Crippen LogP contribution in [0.15, 0.2) is 39.5 Å². The Morgan fingerprint density at radius 3 is 2.56 bits per heavy atom. The molecular formula is C13H14BrNO. The van der Waals surface area contributed by atoms with Gasteiger partial charge in [0.15, 0.2) is 5.76 Å². The minimum atomic E-state index is 0.734. The van der Waals surface area contributed by atoms with Crippen LogP contribution in [0.25, 0.3) is 11.3 Å². The van der Waals surface area contributed by atoms with Gasteiger partial charge in [-0.3, -0.25) is 0 Å². The van der Waals surface area contributed by atoms with Gasteiger partial charge in [-0.1, -0.05) is 42.8 Å². The first-order chi connectivity index (χ1) is 7.79. The highest BCUT2D eigenvalue weighted by atomic mass is 79.9. The second-order valence-electron chi connectivity index (χ2n) is 3.81. The summed E-state index contributed by atoms with van der Waals surface area (Å²) < 4.78 is 5.91. The molecule has 0 atom stereocenters. The third-order valence-electron chi connectivity index (χ3n) is 2.54. The van der Waals surface area contributed by atoms with E-state index in [0.29, 0.717) is 0 Å². The predicted octanol–water partition coefficient (Wildman–Crippen LogP) is 4.45. The molecule has 0 N–H and O–H groups in total. The molecule has 0 bridgehead atoms. The van der Waals surface area contributed by atoms with Gasteiger partial charge in [0.2, 0.25) is 0 Å². The number of nitrogens with zero attached hydrogens (tertiary/aromatic N) is 1. The fraction of sp³-hybridized carbons (Fsp3) is 0.308. The van der Waals surface area contributed by atoms with Gasteiger partial charge in [0.25, 0.3) is 0 Å². The molecule has 2 nitrogen and oxygen atoms in total. The van der Waals surface area contributed by atoms with Gasteiger partial charge in [-0.2, -0.15) is 0 Å². The predicted molar refractivity (Wildman–Crippen MR) is 68.3 cm³/mol. The van der Waals surface area contributed by atoms with Crippen molar-refractivity contribution in [1.29, 1.82) is 0 Å². The second kappa shape index (κ2) is 5.30. The van der Waals surface area contributed by atoms with Gasteiger partial charge >= 0.3 is 0 Å². The van der Waals surface area contributed by atoms with Crippen molar-refractivity contribution in [3.8, 4) is 11.3 Å². The summed E-state index contributed by atoms with van der Waals surface area (Å²) in [6, 6.07) is 10.3. The van der Waals surface area contributed by atoms with Crippen molar-refractivity contribution in [1.82, 2.24) is 5.16 Å². The number of hydrogen-bond acceptors (Lipinski definition) is 2. The van der Waals surface area contributed by atoms with E-state index in [1.165, 1.54) is 18.4 Å². The SMILES string of the molecule is CCCCc1ccc(-c2cc(Br)no2)cc1. The molecule has 3 heteroatoms. The van der Waals surface area contributed by atoms with E-state index in [4.69, 9.17) is 4.52 Å². The van der Waals surface area contributed by atoms with Crippen LogP contribution in [0.1, 0.15) is 25.3 Å². The van der Waals surface area contributed by atoms with E-state index in [9.17, 15) is 0 Å². The molecule has 0 radical (unpaired) electrons. The molecule has 2 rings (SSSR count). The summed E-state index contributed by atoms with van der Waals surface area (Å²) in [5.41, 5.74) is 2.45. The molecule has 0 aliphatic rings. The van der Waals surface area contributed by atoms with Crippen LogP contribution in [0.5, 0.6) is 0 Å². The average Bonchev–Trinajstić information content (AvgIpc) is 2.74. The summed E-state index contributed by atoms with van der Waals surface area (Å²) in [6.45, 7) is 2.21. The highest BCUT2D eigenvalue weighted by Crippen LogP contribution is 2.23. The summed E-state index contributed by atoms with van der Waals surface area (Å²) in [7, 11) is 0. The standard InChI is InChI=1S/C13H14BrNO/c1-2-3-4-10-5-7-11(8-6-10)12-9-13(14)15-16-12/h5-9H,2-4H2,1H3. The zero-order valence-electron chi connectivity index (χ0n) is 9.24. The van der Waals surface area contributed by atoms with E-state index in [-0.39, 0.29) is 0 Å². The monoisotopic (exact) mass is 279 g/mol. The molecule has 2 aromatic rings. The maximum atomic E-state index is 5.17. The highest BCUT2D eigenvalue weighted by Gasteiger charge is 2.04. The molecular weight excluding hydrogens is 266 g/mol. The van der Waals surface area contributed by atoms with E-state index < -0.39 is 0 Å². The van der Waals surface area contributed by atoms with Crippen molar-refractivity contribution in [3.63, 3.8) is 0 Å². The smallest absolute Gasteiger partial charge is 0.168 e. The average molecular weight is 280 g/mol. The summed E-state index contributed by atoms with van der Waals surface area (Å²) >= 11 is 3.27. The Kier molecular flexibility index (Phi) is 3.78. The molecule has 84 valence electrons. The lowest BCUT2D eigenvalue weighted by Gasteiger charge is -2.00. The van der Waals surface area contributed by atoms with Crippen LogP contribution in [0.2, 0.25) is 0 Å². The molecule has 1 aromatic carbocycles. The molecule has 0 amide bonds. The van der Waals surface area contributed by atoms with Crippen LogP contribution >= 0.6 is 15.9 Å². The van der Waals surface area contributed by atoms with Crippen LogP contribution in [0.3, 0.4) is 0 Å². The number of hydrogen-bond donors (Lipinski definition) is 0. The van der Waals surface area contributed by atoms with Crippen molar-refractivity contribution >= 4 is 15.9 Å². The van der Waals surface area contributed by atoms with E-state index >= 15 is 0 Å². The van der Waals surface area contributed by atoms with Crippen LogP contribution in [0.4, 0.5) is 0 Å². The van der Waals surface area contributed by atoms with E-state index in [0.717, 1.165) is 22.3 Å². The van der Waals surface area contributed by atoms with Crippen molar-refractivity contribution < 1.29 is 4.52 Å². The Hall–Kier alpha value is -1.09. The molecule has 0 saturated carbocycles. The topological polar surface area (TPSA) is 26.0 Å². The number of halogens is 1. The van der Waals surface area contributed by atoms with E-state index in [1.54, 1.807) is 0 Å². The summed E-state index contributed by atoms with van der Waals surface area (Å²) in [5, 5.41) is 3.81. The van der Waals surface area contributed by atoms with Gasteiger partial charge in [0, 0.05) is 11.6 Å². The molecule has 0 unspecified atom stereocenters. The fourth-order valence-corrected chi connectivity index (χ4v) is 1.89. The normalized spacial score (nSPS) is 10.6. The maximum absolute atomic E-state index is 5.17. The van der Waals surface area contributed by atoms with Crippen molar-refractivity contribution in [3.05, 3.63) is 40.5 Å². The van der Waals surface area contributed by atoms with Crippen LogP contribution in [-0.4, -0.2) is 5.16 Å². The molecule has 0 spiro atoms. The summed E-state index contributed by atoms with van der Waals surface area (Å²) in [6.07, 6.45) is 3.63. The lowest BCUT2D eigenvalue weighted by atomic mass is 10.1. The molecule has 0 aliphatic heterocycles. The quantitative estimate of drug-likeness (QED) is 0.827. The second-order valence-corrected chi connectivity index (χ2v) is 4.63. The van der Waals surface area contributed by atoms with Gasteiger partial charge in [-0.25, -0.2) is 0 Å². The Balaban J connectivity index is 2.13. The third-order valence-corrected chi connectivity index (χ3v) is 2.91. The maximum Gasteiger partial charge on any atom is 0.168 e. The third kappa shape index (κ3) is 2.73. The fourth-order valence-electron chi connectivity index (χ4n) is 1.61. The first-order valence-corrected chi connectivity index (χ1v) is 6.30. The highest BCUT2D eigenvalue weighted by molar-refractivity contribution is 9.10. The summed E-state index contributed by atoms with van der Waals surface area (Å²) in [5.74, 6) is 0.800. The Morgan fingerprint density at radius 2 is 2.00 bits per heavy atom. The largest absolute Gasteiger partial charge is 0.355 e. The zero-order chi connectivity index (χ0) is 11.4. The van der Waals surface area contributed by atoms with E-state index in [2.05, 4.69) is 52.3 Å². The molecule has 0 aliphatic carbocycles. The Morgan fingerprint density at radius 1 is 1.25 bits per heavy atom. The van der Waals surface area contributed by atoms with Gasteiger partial charge in [-0.15, -0.1) is 0 Å². The Bertz CT molecular complexity index is 447. The van der Waals surface area contributed by atoms with Gasteiger partial charge in [-0.05, 0) is 34.3 Å². The molecule has 1 aromatic heterocycles. The molecule has 16 heavy (non-hydrogen) atoms. The minimum absolute atomic E-state index is 0.734. The summed E-state index contributed by atoms with van der Waals surface area (Å²) in [4.78, 5) is 0. The Labute approximate surface area is 104 Å². The number of rotatable bonds is 4. The number of aryl methyl sites for hydroxylation is 1. The van der Waals surface area contributed by atoms with Crippen molar-refractivity contribution in [2.45, 2.75) is 26.2 Å². The number of aromatic nitrogens is 1.